The number of nitrogens with one attached hydrogen (secondary N) is 1. The van der Waals surface area contributed by atoms with E-state index in [2.05, 4.69) is 10.3 Å². The number of alkyl halides is 3. The van der Waals surface area contributed by atoms with E-state index in [0.29, 0.717) is 28.9 Å². The summed E-state index contributed by atoms with van der Waals surface area (Å²) in [6, 6.07) is 16.4. The minimum Gasteiger partial charge on any atom is -0.369 e. The molecule has 0 spiro atoms. The number of benzene rings is 3. The van der Waals surface area contributed by atoms with Crippen LogP contribution in [0.2, 0.25) is 0 Å². The average Bonchev–Trinajstić information content (AvgIpc) is 3.05. The molecule has 1 aliphatic rings. The molecule has 1 heterocycles. The summed E-state index contributed by atoms with van der Waals surface area (Å²) >= 11 is 0. The fourth-order valence-electron chi connectivity index (χ4n) is 4.80. The van der Waals surface area contributed by atoms with Crippen molar-refractivity contribution < 1.29 is 40.7 Å². The van der Waals surface area contributed by atoms with E-state index in [-0.39, 0.29) is 5.71 Å². The van der Waals surface area contributed by atoms with Gasteiger partial charge in [-0.25, -0.2) is 18.2 Å². The number of benzodiazepines with no additional fused rings is 1. The molecule has 3 aromatic rings. The maximum absolute atomic E-state index is 14.7. The number of carbonyl (C=O) groups is 3. The molecule has 1 aliphatic heterocycles. The Kier molecular flexibility index (Phi) is 8.69. The monoisotopic (exact) mass is 590 g/mol. The highest BCUT2D eigenvalue weighted by molar-refractivity contribution is 6.20. The quantitative estimate of drug-likeness (QED) is 0.296. The molecule has 0 radical (unpaired) electrons. The third-order valence-electron chi connectivity index (χ3n) is 6.85. The van der Waals surface area contributed by atoms with Gasteiger partial charge >= 0.3 is 6.18 Å². The number of hydrogen-bond donors (Lipinski definition) is 2. The molecule has 0 aromatic heterocycles. The smallest absolute Gasteiger partial charge is 0.369 e. The van der Waals surface area contributed by atoms with Gasteiger partial charge in [-0.05, 0) is 18.6 Å². The summed E-state index contributed by atoms with van der Waals surface area (Å²) in [4.78, 5) is 45.1. The van der Waals surface area contributed by atoms with Gasteiger partial charge in [0.25, 0.3) is 5.91 Å². The van der Waals surface area contributed by atoms with E-state index in [0.717, 1.165) is 0 Å². The van der Waals surface area contributed by atoms with Crippen LogP contribution >= 0.6 is 0 Å². The number of nitrogens with two attached hydrogens (primary N) is 1. The van der Waals surface area contributed by atoms with E-state index in [1.807, 2.05) is 0 Å². The third kappa shape index (κ3) is 6.29. The number of likely N-dealkylation sites (N-methyl/N-ethyl adjacent to an activating group) is 1. The Morgan fingerprint density at radius 3 is 2.26 bits per heavy atom. The van der Waals surface area contributed by atoms with Crippen molar-refractivity contribution >= 4 is 29.1 Å². The molecule has 0 saturated heterocycles. The molecule has 3 aromatic carbocycles. The number of fused-ring (bicyclic) bond motifs is 1. The van der Waals surface area contributed by atoms with E-state index in [1.54, 1.807) is 54.6 Å². The summed E-state index contributed by atoms with van der Waals surface area (Å²) in [5, 5.41) is 2.28. The number of primary amides is 1. The second kappa shape index (κ2) is 12.0. The van der Waals surface area contributed by atoms with Crippen molar-refractivity contribution in [3.63, 3.8) is 0 Å². The molecule has 3 amide bonds. The Hall–Kier alpha value is -4.68. The highest BCUT2D eigenvalue weighted by atomic mass is 19.4. The fraction of sp³-hybridized carbons (Fsp3) is 0.241. The largest absolute Gasteiger partial charge is 0.389 e. The topological polar surface area (TPSA) is 105 Å². The molecule has 220 valence electrons. The van der Waals surface area contributed by atoms with Crippen LogP contribution in [0.15, 0.2) is 71.7 Å². The molecule has 7 nitrogen and oxygen atoms in total. The summed E-state index contributed by atoms with van der Waals surface area (Å²) in [5.74, 6) is -13.2. The van der Waals surface area contributed by atoms with Crippen molar-refractivity contribution in [2.24, 2.45) is 16.6 Å². The summed E-state index contributed by atoms with van der Waals surface area (Å²) in [5.41, 5.74) is 6.25. The van der Waals surface area contributed by atoms with Crippen LogP contribution in [0.4, 0.5) is 32.0 Å². The Balaban J connectivity index is 1.79. The second-order valence-electron chi connectivity index (χ2n) is 9.57. The Morgan fingerprint density at radius 2 is 1.62 bits per heavy atom. The molecular formula is C29H24F6N4O3. The zero-order valence-corrected chi connectivity index (χ0v) is 22.0. The first-order chi connectivity index (χ1) is 19.8. The molecule has 0 saturated carbocycles. The van der Waals surface area contributed by atoms with Gasteiger partial charge in [-0.2, -0.15) is 13.2 Å². The highest BCUT2D eigenvalue weighted by Gasteiger charge is 2.41. The molecule has 3 N–H and O–H groups in total. The number of aliphatic imine (C=N–C) groups is 1. The predicted molar refractivity (Wildman–Crippen MR) is 141 cm³/mol. The van der Waals surface area contributed by atoms with Crippen LogP contribution in [0.5, 0.6) is 0 Å². The first-order valence-corrected chi connectivity index (χ1v) is 12.6. The lowest BCUT2D eigenvalue weighted by Crippen LogP contribution is -2.49. The minimum atomic E-state index is -4.81. The lowest BCUT2D eigenvalue weighted by Gasteiger charge is -2.27. The fourth-order valence-corrected chi connectivity index (χ4v) is 4.80. The summed E-state index contributed by atoms with van der Waals surface area (Å²) in [6.45, 7) is 0. The first kappa shape index (κ1) is 30.3. The van der Waals surface area contributed by atoms with Crippen LogP contribution < -0.4 is 16.0 Å². The third-order valence-corrected chi connectivity index (χ3v) is 6.85. The first-order valence-electron chi connectivity index (χ1n) is 12.6. The van der Waals surface area contributed by atoms with Gasteiger partial charge < -0.3 is 16.0 Å². The van der Waals surface area contributed by atoms with Crippen LogP contribution in [-0.2, 0) is 14.4 Å². The van der Waals surface area contributed by atoms with E-state index in [1.165, 1.54) is 11.9 Å². The number of amides is 3. The van der Waals surface area contributed by atoms with Crippen LogP contribution in [0.3, 0.4) is 0 Å². The number of halogens is 6. The van der Waals surface area contributed by atoms with E-state index < -0.39 is 77.8 Å². The molecule has 42 heavy (non-hydrogen) atoms. The molecular weight excluding hydrogens is 566 g/mol. The molecule has 13 heteroatoms. The number of para-hydroxylation sites is 1. The Bertz CT molecular complexity index is 1540. The maximum atomic E-state index is 14.7. The number of nitrogens with zero attached hydrogens (tertiary/aromatic N) is 2. The van der Waals surface area contributed by atoms with Crippen LogP contribution in [0.1, 0.15) is 35.4 Å². The predicted octanol–water partition coefficient (Wildman–Crippen LogP) is 4.59. The van der Waals surface area contributed by atoms with Crippen molar-refractivity contribution in [2.75, 3.05) is 11.9 Å². The number of hydrogen-bond acceptors (Lipinski definition) is 4. The Labute approximate surface area is 236 Å². The lowest BCUT2D eigenvalue weighted by atomic mass is 9.81. The Morgan fingerprint density at radius 1 is 0.976 bits per heavy atom. The van der Waals surface area contributed by atoms with Crippen molar-refractivity contribution in [3.05, 3.63) is 101 Å². The van der Waals surface area contributed by atoms with Crippen molar-refractivity contribution in [1.29, 1.82) is 0 Å². The van der Waals surface area contributed by atoms with Crippen LogP contribution in [0.25, 0.3) is 0 Å². The van der Waals surface area contributed by atoms with Gasteiger partial charge in [0.05, 0.1) is 23.2 Å². The second-order valence-corrected chi connectivity index (χ2v) is 9.57. The normalized spacial score (nSPS) is 16.6. The zero-order valence-electron chi connectivity index (χ0n) is 22.0. The summed E-state index contributed by atoms with van der Waals surface area (Å²) < 4.78 is 82.1. The number of carbonyl (C=O) groups excluding carboxylic acids is 3. The molecule has 0 bridgehead atoms. The number of rotatable bonds is 8. The van der Waals surface area contributed by atoms with Crippen molar-refractivity contribution in [2.45, 2.75) is 31.1 Å². The molecule has 2 unspecified atom stereocenters. The van der Waals surface area contributed by atoms with E-state index in [9.17, 15) is 40.7 Å². The van der Waals surface area contributed by atoms with Crippen molar-refractivity contribution in [3.8, 4) is 0 Å². The van der Waals surface area contributed by atoms with E-state index >= 15 is 0 Å². The van der Waals surface area contributed by atoms with Gasteiger partial charge in [0, 0.05) is 30.2 Å². The summed E-state index contributed by atoms with van der Waals surface area (Å²) in [6.07, 6.45) is -9.20. The molecule has 4 rings (SSSR count). The van der Waals surface area contributed by atoms with E-state index in [4.69, 9.17) is 5.73 Å². The molecule has 0 fully saturated rings. The SMILES string of the molecule is CN1C(=O)[C@@H](NC(=O)C(CCC(F)(F)F)C(C(N)=O)c2ccc(F)c(F)c2F)N=C(c2ccccc2)c2ccccc21. The molecule has 3 atom stereocenters. The highest BCUT2D eigenvalue weighted by Crippen LogP contribution is 2.35. The van der Waals surface area contributed by atoms with Gasteiger partial charge in [-0.15, -0.1) is 0 Å². The standard InChI is InChI=1S/C29H24F6N4O3/c1-39-20-10-6-5-9-16(20)24(15-7-3-2-4-8-15)37-26(28(39)42)38-27(41)18(13-14-29(33,34)35)21(25(36)40)17-11-12-19(30)23(32)22(17)31/h2-12,18,21,26H,13-14H2,1H3,(H2,36,40)(H,38,41)/t18?,21?,26-/m1/s1. The minimum absolute atomic E-state index is 0.277. The number of anilines is 1. The van der Waals surface area contributed by atoms with Gasteiger partial charge in [0.1, 0.15) is 0 Å². The van der Waals surface area contributed by atoms with Gasteiger partial charge in [-0.1, -0.05) is 54.6 Å². The lowest BCUT2D eigenvalue weighted by molar-refractivity contribution is -0.144. The summed E-state index contributed by atoms with van der Waals surface area (Å²) in [7, 11) is 1.41. The van der Waals surface area contributed by atoms with Gasteiger partial charge in [-0.3, -0.25) is 14.4 Å². The van der Waals surface area contributed by atoms with Crippen LogP contribution in [0, 0.1) is 23.4 Å². The average molecular weight is 591 g/mol. The van der Waals surface area contributed by atoms with Gasteiger partial charge in [0.2, 0.25) is 18.0 Å². The van der Waals surface area contributed by atoms with Crippen LogP contribution in [-0.4, -0.2) is 42.8 Å². The van der Waals surface area contributed by atoms with Crippen molar-refractivity contribution in [1.82, 2.24) is 5.32 Å². The zero-order chi connectivity index (χ0) is 30.8. The maximum Gasteiger partial charge on any atom is 0.389 e. The molecule has 0 aliphatic carbocycles. The van der Waals surface area contributed by atoms with Gasteiger partial charge in [0.15, 0.2) is 17.5 Å².